The number of benzene rings is 2. The van der Waals surface area contributed by atoms with Crippen LogP contribution in [0.2, 0.25) is 0 Å². The number of aryl methyl sites for hydroxylation is 2. The molecular weight excluding hydrogens is 224 g/mol. The van der Waals surface area contributed by atoms with Crippen molar-refractivity contribution in [3.8, 4) is 22.6 Å². The fourth-order valence-electron chi connectivity index (χ4n) is 2.23. The van der Waals surface area contributed by atoms with Crippen molar-refractivity contribution in [1.82, 2.24) is 0 Å². The van der Waals surface area contributed by atoms with Crippen LogP contribution in [0.1, 0.15) is 25.0 Å². The molecule has 0 aliphatic heterocycles. The fourth-order valence-corrected chi connectivity index (χ4v) is 2.23. The smallest absolute Gasteiger partial charge is 0.123 e. The molecule has 2 heteroatoms. The van der Waals surface area contributed by atoms with Crippen LogP contribution in [0.5, 0.6) is 11.5 Å². The first-order chi connectivity index (χ1) is 8.65. The molecule has 94 valence electrons. The van der Waals surface area contributed by atoms with E-state index in [2.05, 4.69) is 19.9 Å². The van der Waals surface area contributed by atoms with Crippen molar-refractivity contribution in [1.29, 1.82) is 0 Å². The van der Waals surface area contributed by atoms with Gasteiger partial charge in [0.2, 0.25) is 0 Å². The third-order valence-electron chi connectivity index (χ3n) is 3.18. The summed E-state index contributed by atoms with van der Waals surface area (Å²) in [5.74, 6) is 0.505. The van der Waals surface area contributed by atoms with Gasteiger partial charge in [0.05, 0.1) is 0 Å². The van der Waals surface area contributed by atoms with Gasteiger partial charge in [0.1, 0.15) is 11.5 Å². The van der Waals surface area contributed by atoms with E-state index in [1.165, 1.54) is 0 Å². The topological polar surface area (TPSA) is 40.5 Å². The first kappa shape index (κ1) is 12.5. The molecule has 0 bridgehead atoms. The molecule has 0 amide bonds. The maximum Gasteiger partial charge on any atom is 0.123 e. The van der Waals surface area contributed by atoms with Gasteiger partial charge >= 0.3 is 0 Å². The molecule has 0 aliphatic carbocycles. The molecule has 0 aliphatic rings. The second-order valence-corrected chi connectivity index (χ2v) is 4.41. The van der Waals surface area contributed by atoms with Crippen molar-refractivity contribution >= 4 is 0 Å². The summed E-state index contributed by atoms with van der Waals surface area (Å²) in [7, 11) is 0. The van der Waals surface area contributed by atoms with Crippen molar-refractivity contribution in [2.24, 2.45) is 0 Å². The number of rotatable bonds is 3. The van der Waals surface area contributed by atoms with Gasteiger partial charge in [-0.05, 0) is 47.7 Å². The summed E-state index contributed by atoms with van der Waals surface area (Å²) in [5, 5.41) is 19.7. The maximum atomic E-state index is 10.2. The van der Waals surface area contributed by atoms with Gasteiger partial charge in [0.25, 0.3) is 0 Å². The van der Waals surface area contributed by atoms with E-state index in [1.54, 1.807) is 24.3 Å². The maximum absolute atomic E-state index is 10.2. The van der Waals surface area contributed by atoms with Crippen LogP contribution in [0.25, 0.3) is 11.1 Å². The lowest BCUT2D eigenvalue weighted by Crippen LogP contribution is -1.92. The Morgan fingerprint density at radius 3 is 2.33 bits per heavy atom. The molecule has 2 aromatic carbocycles. The average molecular weight is 242 g/mol. The van der Waals surface area contributed by atoms with Gasteiger partial charge in [-0.1, -0.05) is 32.0 Å². The summed E-state index contributed by atoms with van der Waals surface area (Å²) in [6.45, 7) is 4.14. The molecule has 0 aromatic heterocycles. The SMILES string of the molecule is CCc1cc(O)c(-c2cccc(O)c2)c(CC)c1. The molecule has 2 aromatic rings. The van der Waals surface area contributed by atoms with Gasteiger partial charge in [-0.2, -0.15) is 0 Å². The lowest BCUT2D eigenvalue weighted by atomic mass is 9.94. The van der Waals surface area contributed by atoms with Crippen LogP contribution in [-0.2, 0) is 12.8 Å². The molecule has 0 atom stereocenters. The van der Waals surface area contributed by atoms with Crippen molar-refractivity contribution in [2.75, 3.05) is 0 Å². The van der Waals surface area contributed by atoms with Crippen molar-refractivity contribution in [3.63, 3.8) is 0 Å². The molecular formula is C16H18O2. The predicted molar refractivity (Wildman–Crippen MR) is 74.0 cm³/mol. The van der Waals surface area contributed by atoms with E-state index in [1.807, 2.05) is 6.07 Å². The van der Waals surface area contributed by atoms with Gasteiger partial charge in [0.15, 0.2) is 0 Å². The van der Waals surface area contributed by atoms with Gasteiger partial charge in [-0.15, -0.1) is 0 Å². The number of phenols is 2. The molecule has 2 nitrogen and oxygen atoms in total. The Hall–Kier alpha value is -1.96. The quantitative estimate of drug-likeness (QED) is 0.857. The van der Waals surface area contributed by atoms with E-state index in [9.17, 15) is 10.2 Å². The third kappa shape index (κ3) is 2.33. The molecule has 0 saturated carbocycles. The summed E-state index contributed by atoms with van der Waals surface area (Å²) in [6.07, 6.45) is 1.76. The Balaban J connectivity index is 2.63. The second-order valence-electron chi connectivity index (χ2n) is 4.41. The Kier molecular flexibility index (Phi) is 3.56. The lowest BCUT2D eigenvalue weighted by molar-refractivity contribution is 0.473. The van der Waals surface area contributed by atoms with Crippen LogP contribution in [-0.4, -0.2) is 10.2 Å². The van der Waals surface area contributed by atoms with E-state index in [-0.39, 0.29) is 11.5 Å². The Morgan fingerprint density at radius 1 is 0.944 bits per heavy atom. The molecule has 0 radical (unpaired) electrons. The third-order valence-corrected chi connectivity index (χ3v) is 3.18. The molecule has 0 unspecified atom stereocenters. The van der Waals surface area contributed by atoms with Crippen LogP contribution < -0.4 is 0 Å². The zero-order valence-electron chi connectivity index (χ0n) is 10.8. The molecule has 2 rings (SSSR count). The molecule has 0 spiro atoms. The Morgan fingerprint density at radius 2 is 1.72 bits per heavy atom. The minimum absolute atomic E-state index is 0.216. The fraction of sp³-hybridized carbons (Fsp3) is 0.250. The predicted octanol–water partition coefficient (Wildman–Crippen LogP) is 3.89. The highest BCUT2D eigenvalue weighted by Gasteiger charge is 2.11. The van der Waals surface area contributed by atoms with Crippen molar-refractivity contribution in [2.45, 2.75) is 26.7 Å². The average Bonchev–Trinajstić information content (AvgIpc) is 2.37. The molecule has 2 N–H and O–H groups in total. The highest BCUT2D eigenvalue weighted by molar-refractivity contribution is 5.75. The van der Waals surface area contributed by atoms with Crippen LogP contribution in [0, 0.1) is 0 Å². The summed E-state index contributed by atoms with van der Waals surface area (Å²) in [5.41, 5.74) is 3.92. The van der Waals surface area contributed by atoms with Crippen LogP contribution in [0.3, 0.4) is 0 Å². The zero-order chi connectivity index (χ0) is 13.1. The molecule has 0 saturated heterocycles. The van der Waals surface area contributed by atoms with Crippen LogP contribution in [0.15, 0.2) is 36.4 Å². The highest BCUT2D eigenvalue weighted by Crippen LogP contribution is 2.35. The second kappa shape index (κ2) is 5.13. The Labute approximate surface area is 108 Å². The summed E-state index contributed by atoms with van der Waals surface area (Å²) in [6, 6.07) is 10.9. The minimum atomic E-state index is 0.216. The Bertz CT molecular complexity index is 559. The molecule has 18 heavy (non-hydrogen) atoms. The molecule has 0 fully saturated rings. The molecule has 0 heterocycles. The number of hydrogen-bond donors (Lipinski definition) is 2. The standard InChI is InChI=1S/C16H18O2/c1-3-11-8-12(4-2)16(15(18)9-11)13-6-5-7-14(17)10-13/h5-10,17-18H,3-4H2,1-2H3. The van der Waals surface area contributed by atoms with Crippen molar-refractivity contribution in [3.05, 3.63) is 47.5 Å². The van der Waals surface area contributed by atoms with Crippen molar-refractivity contribution < 1.29 is 10.2 Å². The number of phenolic OH excluding ortho intramolecular Hbond substituents is 2. The van der Waals surface area contributed by atoms with Crippen LogP contribution in [0.4, 0.5) is 0 Å². The summed E-state index contributed by atoms with van der Waals surface area (Å²) < 4.78 is 0. The monoisotopic (exact) mass is 242 g/mol. The lowest BCUT2D eigenvalue weighted by Gasteiger charge is -2.13. The van der Waals surface area contributed by atoms with E-state index >= 15 is 0 Å². The minimum Gasteiger partial charge on any atom is -0.508 e. The number of aromatic hydroxyl groups is 2. The van der Waals surface area contributed by atoms with Crippen LogP contribution >= 0.6 is 0 Å². The summed E-state index contributed by atoms with van der Waals surface area (Å²) in [4.78, 5) is 0. The first-order valence-corrected chi connectivity index (χ1v) is 6.29. The van der Waals surface area contributed by atoms with Gasteiger partial charge in [0, 0.05) is 5.56 Å². The number of hydrogen-bond acceptors (Lipinski definition) is 2. The van der Waals surface area contributed by atoms with E-state index in [4.69, 9.17) is 0 Å². The van der Waals surface area contributed by atoms with E-state index in [0.717, 1.165) is 35.1 Å². The summed E-state index contributed by atoms with van der Waals surface area (Å²) >= 11 is 0. The van der Waals surface area contributed by atoms with E-state index in [0.29, 0.717) is 0 Å². The first-order valence-electron chi connectivity index (χ1n) is 6.29. The normalized spacial score (nSPS) is 10.6. The van der Waals surface area contributed by atoms with Gasteiger partial charge < -0.3 is 10.2 Å². The highest BCUT2D eigenvalue weighted by atomic mass is 16.3. The van der Waals surface area contributed by atoms with E-state index < -0.39 is 0 Å². The zero-order valence-corrected chi connectivity index (χ0v) is 10.8. The largest absolute Gasteiger partial charge is 0.508 e. The van der Waals surface area contributed by atoms with Gasteiger partial charge in [-0.3, -0.25) is 0 Å². The van der Waals surface area contributed by atoms with Gasteiger partial charge in [-0.25, -0.2) is 0 Å².